The molecule has 2 heterocycles. The third-order valence-corrected chi connectivity index (χ3v) is 5.63. The van der Waals surface area contributed by atoms with E-state index in [9.17, 15) is 4.79 Å². The zero-order chi connectivity index (χ0) is 14.6. The average Bonchev–Trinajstić information content (AvgIpc) is 2.49. The van der Waals surface area contributed by atoms with E-state index in [1.807, 2.05) is 0 Å². The molecule has 2 saturated heterocycles. The van der Waals surface area contributed by atoms with Gasteiger partial charge in [0.05, 0.1) is 0 Å². The van der Waals surface area contributed by atoms with Crippen molar-refractivity contribution in [3.05, 3.63) is 0 Å². The van der Waals surface area contributed by atoms with Crippen molar-refractivity contribution in [3.63, 3.8) is 0 Å². The highest BCUT2D eigenvalue weighted by atomic mass is 16.2. The number of hydrogen-bond acceptors (Lipinski definition) is 2. The van der Waals surface area contributed by atoms with Crippen LogP contribution >= 0.6 is 0 Å². The van der Waals surface area contributed by atoms with Crippen molar-refractivity contribution in [2.75, 3.05) is 32.7 Å². The number of likely N-dealkylation sites (tertiary alicyclic amines) is 2. The Morgan fingerprint density at radius 3 is 2.10 bits per heavy atom. The molecule has 1 spiro atoms. The lowest BCUT2D eigenvalue weighted by Gasteiger charge is -2.47. The molecule has 1 unspecified atom stereocenters. The van der Waals surface area contributed by atoms with Crippen LogP contribution in [0, 0.1) is 11.3 Å². The summed E-state index contributed by atoms with van der Waals surface area (Å²) in [6, 6.07) is 0. The van der Waals surface area contributed by atoms with Gasteiger partial charge in [0.2, 0.25) is 5.91 Å². The Morgan fingerprint density at radius 1 is 1.05 bits per heavy atom. The van der Waals surface area contributed by atoms with Crippen LogP contribution in [0.4, 0.5) is 0 Å². The van der Waals surface area contributed by atoms with Crippen LogP contribution in [0.3, 0.4) is 0 Å². The maximum atomic E-state index is 12.3. The lowest BCUT2D eigenvalue weighted by atomic mass is 9.71. The van der Waals surface area contributed by atoms with E-state index in [1.165, 1.54) is 51.7 Å². The first kappa shape index (κ1) is 15.8. The van der Waals surface area contributed by atoms with Gasteiger partial charge in [0.25, 0.3) is 0 Å². The van der Waals surface area contributed by atoms with Crippen molar-refractivity contribution >= 4 is 5.91 Å². The molecule has 0 bridgehead atoms. The van der Waals surface area contributed by atoms with Gasteiger partial charge in [-0.15, -0.1) is 0 Å². The lowest BCUT2D eigenvalue weighted by Crippen LogP contribution is -2.49. The normalized spacial score (nSPS) is 24.9. The minimum absolute atomic E-state index is 0.204. The van der Waals surface area contributed by atoms with Gasteiger partial charge >= 0.3 is 0 Å². The van der Waals surface area contributed by atoms with Crippen LogP contribution in [0.5, 0.6) is 0 Å². The van der Waals surface area contributed by atoms with E-state index >= 15 is 0 Å². The number of rotatable bonds is 4. The summed E-state index contributed by atoms with van der Waals surface area (Å²) in [6.07, 6.45) is 7.39. The second-order valence-corrected chi connectivity index (χ2v) is 6.98. The molecule has 1 amide bonds. The molecule has 0 aromatic heterocycles. The number of hydrogen-bond donors (Lipinski definition) is 0. The molecule has 1 atom stereocenters. The van der Waals surface area contributed by atoms with E-state index in [0.717, 1.165) is 19.5 Å². The first-order chi connectivity index (χ1) is 9.60. The minimum atomic E-state index is 0.204. The molecule has 0 radical (unpaired) electrons. The number of nitrogens with zero attached hydrogens (tertiary/aromatic N) is 2. The molecule has 0 saturated carbocycles. The summed E-state index contributed by atoms with van der Waals surface area (Å²) in [4.78, 5) is 17.0. The second-order valence-electron chi connectivity index (χ2n) is 6.98. The van der Waals surface area contributed by atoms with Crippen LogP contribution in [0.25, 0.3) is 0 Å². The zero-order valence-corrected chi connectivity index (χ0v) is 13.7. The van der Waals surface area contributed by atoms with E-state index < -0.39 is 0 Å². The first-order valence-corrected chi connectivity index (χ1v) is 8.61. The van der Waals surface area contributed by atoms with Crippen molar-refractivity contribution in [1.29, 1.82) is 0 Å². The summed E-state index contributed by atoms with van der Waals surface area (Å²) < 4.78 is 0. The topological polar surface area (TPSA) is 23.6 Å². The summed E-state index contributed by atoms with van der Waals surface area (Å²) >= 11 is 0. The van der Waals surface area contributed by atoms with E-state index in [2.05, 4.69) is 30.6 Å². The molecule has 3 nitrogen and oxygen atoms in total. The maximum absolute atomic E-state index is 12.3. The van der Waals surface area contributed by atoms with E-state index in [1.54, 1.807) is 0 Å². The lowest BCUT2D eigenvalue weighted by molar-refractivity contribution is -0.138. The third-order valence-electron chi connectivity index (χ3n) is 5.63. The molecule has 0 aromatic carbocycles. The summed E-state index contributed by atoms with van der Waals surface area (Å²) in [5, 5.41) is 0. The molecular weight excluding hydrogens is 248 g/mol. The van der Waals surface area contributed by atoms with Crippen molar-refractivity contribution in [3.8, 4) is 0 Å². The molecule has 2 fully saturated rings. The highest BCUT2D eigenvalue weighted by molar-refractivity contribution is 5.78. The molecule has 2 rings (SSSR count). The van der Waals surface area contributed by atoms with Crippen LogP contribution in [0.15, 0.2) is 0 Å². The quantitative estimate of drug-likeness (QED) is 0.790. The summed E-state index contributed by atoms with van der Waals surface area (Å²) in [5.74, 6) is 0.584. The Balaban J connectivity index is 1.81. The first-order valence-electron chi connectivity index (χ1n) is 8.61. The number of carbonyl (C=O) groups is 1. The summed E-state index contributed by atoms with van der Waals surface area (Å²) in [5.41, 5.74) is 0.552. The monoisotopic (exact) mass is 280 g/mol. The van der Waals surface area contributed by atoms with Crippen LogP contribution in [0.1, 0.15) is 59.3 Å². The molecule has 0 aliphatic carbocycles. The number of amides is 1. The highest BCUT2D eigenvalue weighted by Gasteiger charge is 2.38. The van der Waals surface area contributed by atoms with Crippen LogP contribution in [-0.4, -0.2) is 48.4 Å². The average molecular weight is 280 g/mol. The SMILES string of the molecule is CCCN1CCC2(CC1)CCN(C(=O)C(C)CC)CC2. The van der Waals surface area contributed by atoms with Crippen molar-refractivity contribution in [2.45, 2.75) is 59.3 Å². The van der Waals surface area contributed by atoms with E-state index in [0.29, 0.717) is 11.3 Å². The standard InChI is InChI=1S/C17H32N2O/c1-4-10-18-11-6-17(7-12-18)8-13-19(14-9-17)16(20)15(3)5-2/h15H,4-14H2,1-3H3. The van der Waals surface area contributed by atoms with Gasteiger partial charge in [-0.05, 0) is 63.6 Å². The smallest absolute Gasteiger partial charge is 0.225 e. The van der Waals surface area contributed by atoms with Crippen LogP contribution in [0.2, 0.25) is 0 Å². The Labute approximate surface area is 124 Å². The van der Waals surface area contributed by atoms with Gasteiger partial charge in [0.15, 0.2) is 0 Å². The van der Waals surface area contributed by atoms with Gasteiger partial charge in [0, 0.05) is 19.0 Å². The number of carbonyl (C=O) groups excluding carboxylic acids is 1. The Morgan fingerprint density at radius 2 is 1.60 bits per heavy atom. The number of piperidine rings is 2. The minimum Gasteiger partial charge on any atom is -0.342 e. The van der Waals surface area contributed by atoms with Crippen molar-refractivity contribution in [1.82, 2.24) is 9.80 Å². The van der Waals surface area contributed by atoms with Gasteiger partial charge in [-0.2, -0.15) is 0 Å². The Kier molecular flexibility index (Phi) is 5.48. The molecule has 3 heteroatoms. The Hall–Kier alpha value is -0.570. The summed E-state index contributed by atoms with van der Waals surface area (Å²) in [7, 11) is 0. The third kappa shape index (κ3) is 3.55. The van der Waals surface area contributed by atoms with E-state index in [4.69, 9.17) is 0 Å². The molecule has 20 heavy (non-hydrogen) atoms. The molecule has 0 N–H and O–H groups in total. The predicted molar refractivity (Wildman–Crippen MR) is 83.7 cm³/mol. The molecule has 2 aliphatic rings. The van der Waals surface area contributed by atoms with Gasteiger partial charge in [0.1, 0.15) is 0 Å². The maximum Gasteiger partial charge on any atom is 0.225 e. The van der Waals surface area contributed by atoms with Gasteiger partial charge in [-0.25, -0.2) is 0 Å². The van der Waals surface area contributed by atoms with Crippen LogP contribution < -0.4 is 0 Å². The fraction of sp³-hybridized carbons (Fsp3) is 0.941. The van der Waals surface area contributed by atoms with Gasteiger partial charge in [-0.3, -0.25) is 4.79 Å². The highest BCUT2D eigenvalue weighted by Crippen LogP contribution is 2.41. The van der Waals surface area contributed by atoms with Gasteiger partial charge < -0.3 is 9.80 Å². The predicted octanol–water partition coefficient (Wildman–Crippen LogP) is 3.15. The largest absolute Gasteiger partial charge is 0.342 e. The van der Waals surface area contributed by atoms with Crippen molar-refractivity contribution in [2.24, 2.45) is 11.3 Å². The molecular formula is C17H32N2O. The van der Waals surface area contributed by atoms with Crippen molar-refractivity contribution < 1.29 is 4.79 Å². The van der Waals surface area contributed by atoms with E-state index in [-0.39, 0.29) is 5.92 Å². The summed E-state index contributed by atoms with van der Waals surface area (Å²) in [6.45, 7) is 12.2. The molecule has 0 aromatic rings. The molecule has 2 aliphatic heterocycles. The fourth-order valence-electron chi connectivity index (χ4n) is 3.75. The zero-order valence-electron chi connectivity index (χ0n) is 13.7. The molecule has 116 valence electrons. The van der Waals surface area contributed by atoms with Gasteiger partial charge in [-0.1, -0.05) is 20.8 Å². The second kappa shape index (κ2) is 6.93. The fourth-order valence-corrected chi connectivity index (χ4v) is 3.75. The van der Waals surface area contributed by atoms with Crippen LogP contribution in [-0.2, 0) is 4.79 Å². The Bertz CT molecular complexity index is 311.